The van der Waals surface area contributed by atoms with Gasteiger partial charge < -0.3 is 9.84 Å². The third-order valence-electron chi connectivity index (χ3n) is 3.16. The first-order valence-electron chi connectivity index (χ1n) is 6.55. The third-order valence-corrected chi connectivity index (χ3v) is 4.68. The lowest BCUT2D eigenvalue weighted by molar-refractivity contribution is 0.282. The number of methoxy groups -OCH3 is 1. The third kappa shape index (κ3) is 4.31. The van der Waals surface area contributed by atoms with Gasteiger partial charge in [0.1, 0.15) is 5.75 Å². The lowest BCUT2D eigenvalue weighted by Gasteiger charge is -2.09. The molecule has 0 bridgehead atoms. The minimum Gasteiger partial charge on any atom is -0.496 e. The number of benzene rings is 2. The zero-order valence-electron chi connectivity index (χ0n) is 11.8. The number of para-hydroxylation sites is 1. The molecule has 2 aromatic rings. The van der Waals surface area contributed by atoms with Gasteiger partial charge in [-0.05, 0) is 17.2 Å². The molecule has 112 valence electrons. The van der Waals surface area contributed by atoms with Gasteiger partial charge in [0, 0.05) is 5.56 Å². The van der Waals surface area contributed by atoms with E-state index in [2.05, 4.69) is 0 Å². The van der Waals surface area contributed by atoms with E-state index < -0.39 is 9.84 Å². The van der Waals surface area contributed by atoms with Crippen LogP contribution < -0.4 is 4.74 Å². The molecule has 0 aliphatic carbocycles. The summed E-state index contributed by atoms with van der Waals surface area (Å²) in [5.41, 5.74) is 2.13. The molecule has 21 heavy (non-hydrogen) atoms. The van der Waals surface area contributed by atoms with E-state index in [9.17, 15) is 8.42 Å². The monoisotopic (exact) mass is 306 g/mol. The summed E-state index contributed by atoms with van der Waals surface area (Å²) in [6.45, 7) is -0.0474. The van der Waals surface area contributed by atoms with Crippen molar-refractivity contribution in [2.24, 2.45) is 0 Å². The van der Waals surface area contributed by atoms with Crippen molar-refractivity contribution < 1.29 is 18.3 Å². The standard InChI is InChI=1S/C16H18O4S/c1-20-16-5-3-2-4-15(16)12-21(18,19)11-14-8-6-13(10-17)7-9-14/h2-9,17H,10-12H2,1H3. The largest absolute Gasteiger partial charge is 0.496 e. The second-order valence-electron chi connectivity index (χ2n) is 4.82. The summed E-state index contributed by atoms with van der Waals surface area (Å²) in [5.74, 6) is 0.493. The molecule has 0 amide bonds. The van der Waals surface area contributed by atoms with Crippen LogP contribution in [0.25, 0.3) is 0 Å². The molecule has 0 fully saturated rings. The van der Waals surface area contributed by atoms with Gasteiger partial charge in [-0.25, -0.2) is 8.42 Å². The molecule has 0 aliphatic heterocycles. The van der Waals surface area contributed by atoms with E-state index in [0.29, 0.717) is 16.9 Å². The van der Waals surface area contributed by atoms with Crippen molar-refractivity contribution in [2.75, 3.05) is 7.11 Å². The topological polar surface area (TPSA) is 63.6 Å². The van der Waals surface area contributed by atoms with E-state index in [0.717, 1.165) is 5.56 Å². The molecule has 0 saturated heterocycles. The van der Waals surface area contributed by atoms with Crippen LogP contribution in [0.1, 0.15) is 16.7 Å². The molecule has 2 rings (SSSR count). The van der Waals surface area contributed by atoms with Crippen molar-refractivity contribution >= 4 is 9.84 Å². The number of sulfone groups is 1. The van der Waals surface area contributed by atoms with Gasteiger partial charge in [0.25, 0.3) is 0 Å². The van der Waals surface area contributed by atoms with Crippen molar-refractivity contribution in [3.05, 3.63) is 65.2 Å². The number of rotatable bonds is 6. The summed E-state index contributed by atoms with van der Waals surface area (Å²) in [5, 5.41) is 8.98. The molecule has 5 heteroatoms. The van der Waals surface area contributed by atoms with E-state index in [1.807, 2.05) is 6.07 Å². The zero-order valence-corrected chi connectivity index (χ0v) is 12.6. The van der Waals surface area contributed by atoms with Crippen molar-refractivity contribution in [1.29, 1.82) is 0 Å². The number of hydrogen-bond donors (Lipinski definition) is 1. The van der Waals surface area contributed by atoms with Crippen molar-refractivity contribution in [3.63, 3.8) is 0 Å². The van der Waals surface area contributed by atoms with Gasteiger partial charge in [-0.3, -0.25) is 0 Å². The predicted octanol–water partition coefficient (Wildman–Crippen LogP) is 2.30. The van der Waals surface area contributed by atoms with Crippen molar-refractivity contribution in [3.8, 4) is 5.75 Å². The molecule has 0 aliphatic rings. The Bertz CT molecular complexity index is 690. The van der Waals surface area contributed by atoms with Gasteiger partial charge in [-0.2, -0.15) is 0 Å². The lowest BCUT2D eigenvalue weighted by Crippen LogP contribution is -2.08. The van der Waals surface area contributed by atoms with Crippen LogP contribution in [-0.4, -0.2) is 20.6 Å². The SMILES string of the molecule is COc1ccccc1CS(=O)(=O)Cc1ccc(CO)cc1. The van der Waals surface area contributed by atoms with Gasteiger partial charge >= 0.3 is 0 Å². The highest BCUT2D eigenvalue weighted by atomic mass is 32.2. The first-order chi connectivity index (χ1) is 10.0. The van der Waals surface area contributed by atoms with E-state index in [1.165, 1.54) is 7.11 Å². The van der Waals surface area contributed by atoms with Gasteiger partial charge in [0.15, 0.2) is 9.84 Å². The van der Waals surface area contributed by atoms with Crippen LogP contribution in [0.5, 0.6) is 5.75 Å². The molecule has 1 N–H and O–H groups in total. The average Bonchev–Trinajstić information content (AvgIpc) is 2.47. The Morgan fingerprint density at radius 2 is 1.57 bits per heavy atom. The Kier molecular flexibility index (Phi) is 4.98. The number of ether oxygens (including phenoxy) is 1. The summed E-state index contributed by atoms with van der Waals surface area (Å²) in [7, 11) is -1.76. The summed E-state index contributed by atoms with van der Waals surface area (Å²) in [6.07, 6.45) is 0. The Balaban J connectivity index is 2.14. The normalized spacial score (nSPS) is 11.3. The number of aliphatic hydroxyl groups excluding tert-OH is 1. The van der Waals surface area contributed by atoms with Gasteiger partial charge in [-0.15, -0.1) is 0 Å². The van der Waals surface area contributed by atoms with E-state index >= 15 is 0 Å². The average molecular weight is 306 g/mol. The first kappa shape index (κ1) is 15.5. The molecule has 0 unspecified atom stereocenters. The van der Waals surface area contributed by atoms with Crippen LogP contribution in [0.2, 0.25) is 0 Å². The predicted molar refractivity (Wildman–Crippen MR) is 81.7 cm³/mol. The maximum absolute atomic E-state index is 12.3. The van der Waals surface area contributed by atoms with Gasteiger partial charge in [0.2, 0.25) is 0 Å². The summed E-state index contributed by atoms with van der Waals surface area (Å²) in [6, 6.07) is 14.0. The Morgan fingerprint density at radius 3 is 2.19 bits per heavy atom. The van der Waals surface area contributed by atoms with Crippen molar-refractivity contribution in [1.82, 2.24) is 0 Å². The van der Waals surface area contributed by atoms with Gasteiger partial charge in [0.05, 0.1) is 25.2 Å². The lowest BCUT2D eigenvalue weighted by atomic mass is 10.2. The molecule has 0 heterocycles. The highest BCUT2D eigenvalue weighted by Gasteiger charge is 2.15. The minimum absolute atomic E-state index is 0.0310. The Morgan fingerprint density at radius 1 is 0.952 bits per heavy atom. The maximum Gasteiger partial charge on any atom is 0.158 e. The summed E-state index contributed by atoms with van der Waals surface area (Å²) in [4.78, 5) is 0. The fraction of sp³-hybridized carbons (Fsp3) is 0.250. The molecule has 4 nitrogen and oxygen atoms in total. The smallest absolute Gasteiger partial charge is 0.158 e. The van der Waals surface area contributed by atoms with Crippen molar-refractivity contribution in [2.45, 2.75) is 18.1 Å². The van der Waals surface area contributed by atoms with Gasteiger partial charge in [-0.1, -0.05) is 42.5 Å². The molecule has 0 spiro atoms. The van der Waals surface area contributed by atoms with Crippen LogP contribution in [0, 0.1) is 0 Å². The van der Waals surface area contributed by atoms with Crippen LogP contribution in [0.3, 0.4) is 0 Å². The second kappa shape index (κ2) is 6.74. The molecule has 0 aromatic heterocycles. The van der Waals surface area contributed by atoms with Crippen LogP contribution in [0.15, 0.2) is 48.5 Å². The Labute approximate surface area is 124 Å². The van der Waals surface area contributed by atoms with E-state index in [4.69, 9.17) is 9.84 Å². The fourth-order valence-corrected chi connectivity index (χ4v) is 3.62. The van der Waals surface area contributed by atoms with E-state index in [-0.39, 0.29) is 18.1 Å². The maximum atomic E-state index is 12.3. The Hall–Kier alpha value is -1.85. The van der Waals surface area contributed by atoms with Crippen LogP contribution in [0.4, 0.5) is 0 Å². The summed E-state index contributed by atoms with van der Waals surface area (Å²) < 4.78 is 29.8. The quantitative estimate of drug-likeness (QED) is 0.889. The number of aliphatic hydroxyl groups is 1. The zero-order chi connectivity index (χ0) is 15.3. The molecule has 0 saturated carbocycles. The first-order valence-corrected chi connectivity index (χ1v) is 8.37. The molecular weight excluding hydrogens is 288 g/mol. The second-order valence-corrected chi connectivity index (χ2v) is 6.88. The number of hydrogen-bond acceptors (Lipinski definition) is 4. The fourth-order valence-electron chi connectivity index (χ4n) is 2.10. The highest BCUT2D eigenvalue weighted by molar-refractivity contribution is 7.89. The molecule has 2 aromatic carbocycles. The molecular formula is C16H18O4S. The van der Waals surface area contributed by atoms with E-state index in [1.54, 1.807) is 42.5 Å². The molecule has 0 radical (unpaired) electrons. The minimum atomic E-state index is -3.28. The highest BCUT2D eigenvalue weighted by Crippen LogP contribution is 2.21. The summed E-state index contributed by atoms with van der Waals surface area (Å²) >= 11 is 0. The van der Waals surface area contributed by atoms with Crippen LogP contribution in [-0.2, 0) is 27.9 Å². The molecule has 0 atom stereocenters. The van der Waals surface area contributed by atoms with Crippen LogP contribution >= 0.6 is 0 Å².